The van der Waals surface area contributed by atoms with E-state index in [4.69, 9.17) is 23.2 Å². The van der Waals surface area contributed by atoms with E-state index < -0.39 is 0 Å². The monoisotopic (exact) mass is 258 g/mol. The molecule has 2 rings (SSSR count). The number of hydrogen-bond acceptors (Lipinski definition) is 1. The van der Waals surface area contributed by atoms with Crippen LogP contribution in [0.2, 0.25) is 10.0 Å². The third kappa shape index (κ3) is 2.91. The van der Waals surface area contributed by atoms with E-state index in [1.54, 1.807) is 0 Å². The molecule has 1 aromatic carbocycles. The van der Waals surface area contributed by atoms with Crippen molar-refractivity contribution in [3.05, 3.63) is 33.8 Å². The summed E-state index contributed by atoms with van der Waals surface area (Å²) < 4.78 is 0. The lowest BCUT2D eigenvalue weighted by molar-refractivity contribution is 0.101. The van der Waals surface area contributed by atoms with Gasteiger partial charge in [0, 0.05) is 0 Å². The molecule has 3 heteroatoms. The Bertz CT molecular complexity index is 365. The van der Waals surface area contributed by atoms with Crippen molar-refractivity contribution in [1.29, 1.82) is 0 Å². The first-order valence-corrected chi connectivity index (χ1v) is 6.53. The zero-order valence-electron chi connectivity index (χ0n) is 9.13. The Labute approximate surface area is 106 Å². The number of rotatable bonds is 2. The molecule has 1 aromatic rings. The van der Waals surface area contributed by atoms with Crippen LogP contribution in [0.3, 0.4) is 0 Å². The second-order valence-corrected chi connectivity index (χ2v) is 5.39. The first-order chi connectivity index (χ1) is 7.66. The lowest BCUT2D eigenvalue weighted by atomic mass is 9.83. The third-order valence-corrected chi connectivity index (χ3v) is 4.15. The van der Waals surface area contributed by atoms with Gasteiger partial charge in [-0.25, -0.2) is 0 Å². The van der Waals surface area contributed by atoms with E-state index in [1.807, 2.05) is 18.2 Å². The number of aliphatic hydroxyl groups excluding tert-OH is 1. The average Bonchev–Trinajstić information content (AvgIpc) is 2.25. The molecule has 1 aliphatic carbocycles. The quantitative estimate of drug-likeness (QED) is 0.848. The van der Waals surface area contributed by atoms with Crippen LogP contribution in [0, 0.1) is 5.92 Å². The first kappa shape index (κ1) is 12.2. The molecule has 0 bridgehead atoms. The van der Waals surface area contributed by atoms with E-state index >= 15 is 0 Å². The molecule has 1 nitrogen and oxygen atoms in total. The standard InChI is InChI=1S/C13H16Cl2O/c14-12-6-2-4-10(13(12)15)7-9-3-1-5-11(16)8-9/h2,4,6,9,11,16H,1,3,5,7-8H2. The summed E-state index contributed by atoms with van der Waals surface area (Å²) >= 11 is 12.1. The minimum absolute atomic E-state index is 0.128. The zero-order valence-corrected chi connectivity index (χ0v) is 10.6. The van der Waals surface area contributed by atoms with Gasteiger partial charge in [0.15, 0.2) is 0 Å². The fourth-order valence-electron chi connectivity index (χ4n) is 2.47. The Morgan fingerprint density at radius 2 is 2.06 bits per heavy atom. The lowest BCUT2D eigenvalue weighted by Crippen LogP contribution is -2.21. The molecule has 0 spiro atoms. The molecule has 0 aliphatic heterocycles. The normalized spacial score (nSPS) is 25.7. The number of hydrogen-bond donors (Lipinski definition) is 1. The predicted molar refractivity (Wildman–Crippen MR) is 68.1 cm³/mol. The van der Waals surface area contributed by atoms with Crippen molar-refractivity contribution < 1.29 is 5.11 Å². The van der Waals surface area contributed by atoms with Gasteiger partial charge >= 0.3 is 0 Å². The van der Waals surface area contributed by atoms with Crippen LogP contribution in [-0.4, -0.2) is 11.2 Å². The highest BCUT2D eigenvalue weighted by Crippen LogP contribution is 2.32. The van der Waals surface area contributed by atoms with Crippen LogP contribution >= 0.6 is 23.2 Å². The van der Waals surface area contributed by atoms with Crippen LogP contribution < -0.4 is 0 Å². The minimum atomic E-state index is -0.128. The SMILES string of the molecule is OC1CCCC(Cc2cccc(Cl)c2Cl)C1. The first-order valence-electron chi connectivity index (χ1n) is 5.77. The van der Waals surface area contributed by atoms with Gasteiger partial charge in [0.2, 0.25) is 0 Å². The molecular weight excluding hydrogens is 243 g/mol. The van der Waals surface area contributed by atoms with Gasteiger partial charge in [0.1, 0.15) is 0 Å². The van der Waals surface area contributed by atoms with Crippen molar-refractivity contribution in [2.24, 2.45) is 5.92 Å². The highest BCUT2D eigenvalue weighted by molar-refractivity contribution is 6.42. The van der Waals surface area contributed by atoms with Crippen molar-refractivity contribution in [3.63, 3.8) is 0 Å². The molecule has 1 fully saturated rings. The molecule has 1 saturated carbocycles. The molecule has 0 heterocycles. The Hall–Kier alpha value is -0.240. The van der Waals surface area contributed by atoms with Crippen molar-refractivity contribution in [2.75, 3.05) is 0 Å². The topological polar surface area (TPSA) is 20.2 Å². The van der Waals surface area contributed by atoms with E-state index in [0.717, 1.165) is 31.2 Å². The Balaban J connectivity index is 2.05. The molecule has 0 amide bonds. The van der Waals surface area contributed by atoms with Gasteiger partial charge < -0.3 is 5.11 Å². The van der Waals surface area contributed by atoms with Gasteiger partial charge in [-0.15, -0.1) is 0 Å². The summed E-state index contributed by atoms with van der Waals surface area (Å²) in [6, 6.07) is 5.76. The van der Waals surface area contributed by atoms with E-state index in [2.05, 4.69) is 0 Å². The van der Waals surface area contributed by atoms with Crippen molar-refractivity contribution in [2.45, 2.75) is 38.2 Å². The van der Waals surface area contributed by atoms with Gasteiger partial charge in [-0.05, 0) is 43.2 Å². The van der Waals surface area contributed by atoms with E-state index in [0.29, 0.717) is 16.0 Å². The highest BCUT2D eigenvalue weighted by Gasteiger charge is 2.21. The van der Waals surface area contributed by atoms with Gasteiger partial charge in [0.05, 0.1) is 16.1 Å². The van der Waals surface area contributed by atoms with Gasteiger partial charge in [-0.1, -0.05) is 41.8 Å². The minimum Gasteiger partial charge on any atom is -0.393 e. The molecule has 1 aliphatic rings. The highest BCUT2D eigenvalue weighted by atomic mass is 35.5. The second-order valence-electron chi connectivity index (χ2n) is 4.60. The Kier molecular flexibility index (Phi) is 4.12. The van der Waals surface area contributed by atoms with Crippen molar-refractivity contribution in [1.82, 2.24) is 0 Å². The summed E-state index contributed by atoms with van der Waals surface area (Å²) in [6.45, 7) is 0. The molecule has 0 saturated heterocycles. The fourth-order valence-corrected chi connectivity index (χ4v) is 2.86. The van der Waals surface area contributed by atoms with Crippen LogP contribution in [0.15, 0.2) is 18.2 Å². The maximum Gasteiger partial charge on any atom is 0.0624 e. The molecule has 88 valence electrons. The average molecular weight is 259 g/mol. The number of halogens is 2. The van der Waals surface area contributed by atoms with Crippen LogP contribution in [0.4, 0.5) is 0 Å². The van der Waals surface area contributed by atoms with Gasteiger partial charge in [-0.2, -0.15) is 0 Å². The van der Waals surface area contributed by atoms with Crippen LogP contribution in [0.25, 0.3) is 0 Å². The zero-order chi connectivity index (χ0) is 11.5. The second kappa shape index (κ2) is 5.39. The van der Waals surface area contributed by atoms with Crippen molar-refractivity contribution in [3.8, 4) is 0 Å². The molecule has 16 heavy (non-hydrogen) atoms. The number of benzene rings is 1. The van der Waals surface area contributed by atoms with Crippen LogP contribution in [0.5, 0.6) is 0 Å². The van der Waals surface area contributed by atoms with E-state index in [1.165, 1.54) is 6.42 Å². The lowest BCUT2D eigenvalue weighted by Gasteiger charge is -2.26. The fraction of sp³-hybridized carbons (Fsp3) is 0.538. The van der Waals surface area contributed by atoms with Crippen molar-refractivity contribution >= 4 is 23.2 Å². The summed E-state index contributed by atoms with van der Waals surface area (Å²) in [5.41, 5.74) is 1.10. The smallest absolute Gasteiger partial charge is 0.0624 e. The molecule has 1 N–H and O–H groups in total. The van der Waals surface area contributed by atoms with Gasteiger partial charge in [0.25, 0.3) is 0 Å². The molecule has 0 radical (unpaired) electrons. The summed E-state index contributed by atoms with van der Waals surface area (Å²) in [7, 11) is 0. The Morgan fingerprint density at radius 1 is 1.25 bits per heavy atom. The predicted octanol–water partition coefficient (Wildman–Crippen LogP) is 4.09. The van der Waals surface area contributed by atoms with Crippen LogP contribution in [0.1, 0.15) is 31.2 Å². The molecule has 2 atom stereocenters. The summed E-state index contributed by atoms with van der Waals surface area (Å²) in [4.78, 5) is 0. The third-order valence-electron chi connectivity index (χ3n) is 3.30. The summed E-state index contributed by atoms with van der Waals surface area (Å²) in [6.07, 6.45) is 4.93. The maximum absolute atomic E-state index is 9.62. The van der Waals surface area contributed by atoms with E-state index in [-0.39, 0.29) is 6.10 Å². The molecular formula is C13H16Cl2O. The summed E-state index contributed by atoms with van der Waals surface area (Å²) in [5.74, 6) is 0.541. The molecule has 0 aromatic heterocycles. The number of aliphatic hydroxyl groups is 1. The maximum atomic E-state index is 9.62. The van der Waals surface area contributed by atoms with Crippen LogP contribution in [-0.2, 0) is 6.42 Å². The van der Waals surface area contributed by atoms with Gasteiger partial charge in [-0.3, -0.25) is 0 Å². The molecule has 2 unspecified atom stereocenters. The van der Waals surface area contributed by atoms with E-state index in [9.17, 15) is 5.11 Å². The largest absolute Gasteiger partial charge is 0.393 e. The Morgan fingerprint density at radius 3 is 2.81 bits per heavy atom. The summed E-state index contributed by atoms with van der Waals surface area (Å²) in [5, 5.41) is 10.9.